The lowest BCUT2D eigenvalue weighted by Gasteiger charge is -2.14. The number of nitrogens with one attached hydrogen (secondary N) is 2. The van der Waals surface area contributed by atoms with E-state index >= 15 is 0 Å². The quantitative estimate of drug-likeness (QED) is 0.802. The van der Waals surface area contributed by atoms with Gasteiger partial charge in [-0.25, -0.2) is 4.98 Å². The fourth-order valence-corrected chi connectivity index (χ4v) is 2.20. The summed E-state index contributed by atoms with van der Waals surface area (Å²) in [4.78, 5) is 6.66. The molecule has 0 radical (unpaired) electrons. The summed E-state index contributed by atoms with van der Waals surface area (Å²) in [5, 5.41) is 11.6. The van der Waals surface area contributed by atoms with Crippen LogP contribution in [0, 0.1) is 0 Å². The van der Waals surface area contributed by atoms with E-state index in [0.29, 0.717) is 0 Å². The van der Waals surface area contributed by atoms with E-state index in [2.05, 4.69) is 31.5 Å². The van der Waals surface area contributed by atoms with Crippen molar-refractivity contribution in [3.8, 4) is 0 Å². The summed E-state index contributed by atoms with van der Waals surface area (Å²) in [7, 11) is 1.90. The van der Waals surface area contributed by atoms with E-state index in [0.717, 1.165) is 35.6 Å². The predicted molar refractivity (Wildman–Crippen MR) is 64.9 cm³/mol. The molecule has 0 bridgehead atoms. The van der Waals surface area contributed by atoms with Crippen LogP contribution in [0.4, 0.5) is 11.5 Å². The second-order valence-electron chi connectivity index (χ2n) is 4.11. The topological polar surface area (TPSA) is 56.8 Å². The molecule has 84 valence electrons. The lowest BCUT2D eigenvalue weighted by Crippen LogP contribution is -2.18. The second kappa shape index (κ2) is 3.66. The fourth-order valence-electron chi connectivity index (χ4n) is 2.20. The van der Waals surface area contributed by atoms with Crippen LogP contribution < -0.4 is 10.2 Å². The van der Waals surface area contributed by atoms with Crippen LogP contribution in [0.5, 0.6) is 0 Å². The monoisotopic (exact) mass is 217 g/mol. The first-order valence-electron chi connectivity index (χ1n) is 5.65. The van der Waals surface area contributed by atoms with Gasteiger partial charge in [-0.15, -0.1) is 0 Å². The van der Waals surface area contributed by atoms with Gasteiger partial charge in [0.05, 0.1) is 17.3 Å². The maximum Gasteiger partial charge on any atom is 0.160 e. The van der Waals surface area contributed by atoms with Gasteiger partial charge >= 0.3 is 0 Å². The molecule has 0 unspecified atom stereocenters. The van der Waals surface area contributed by atoms with Crippen molar-refractivity contribution in [3.63, 3.8) is 0 Å². The Morgan fingerprint density at radius 2 is 2.19 bits per heavy atom. The van der Waals surface area contributed by atoms with Crippen molar-refractivity contribution in [2.45, 2.75) is 12.8 Å². The van der Waals surface area contributed by atoms with Gasteiger partial charge in [0.25, 0.3) is 0 Å². The average Bonchev–Trinajstić information content (AvgIpc) is 2.96. The number of aromatic amines is 1. The predicted octanol–water partition coefficient (Wildman–Crippen LogP) is 1.60. The van der Waals surface area contributed by atoms with Crippen LogP contribution in [-0.2, 0) is 0 Å². The molecule has 2 N–H and O–H groups in total. The Kier molecular flexibility index (Phi) is 2.16. The van der Waals surface area contributed by atoms with Crippen LogP contribution in [0.15, 0.2) is 12.3 Å². The zero-order valence-corrected chi connectivity index (χ0v) is 9.32. The molecule has 2 aromatic rings. The van der Waals surface area contributed by atoms with Crippen molar-refractivity contribution < 1.29 is 0 Å². The number of hydrogen-bond donors (Lipinski definition) is 2. The van der Waals surface area contributed by atoms with Gasteiger partial charge in [0.15, 0.2) is 11.5 Å². The summed E-state index contributed by atoms with van der Waals surface area (Å²) in [6.07, 6.45) is 4.33. The number of rotatable bonds is 2. The number of hydrogen-bond acceptors (Lipinski definition) is 4. The van der Waals surface area contributed by atoms with Gasteiger partial charge in [-0.2, -0.15) is 5.10 Å². The first-order valence-corrected chi connectivity index (χ1v) is 5.65. The van der Waals surface area contributed by atoms with Gasteiger partial charge in [0.2, 0.25) is 0 Å². The molecule has 3 rings (SSSR count). The second-order valence-corrected chi connectivity index (χ2v) is 4.11. The molecule has 0 aliphatic carbocycles. The smallest absolute Gasteiger partial charge is 0.160 e. The standard InChI is InChI=1S/C11H15N5/c1-12-8-6-9-10(13-7-8)14-15-11(9)16-4-2-3-5-16/h6-7,12H,2-5H2,1H3,(H,13,14,15). The van der Waals surface area contributed by atoms with E-state index in [9.17, 15) is 0 Å². The summed E-state index contributed by atoms with van der Waals surface area (Å²) in [5.41, 5.74) is 1.88. The largest absolute Gasteiger partial charge is 0.387 e. The van der Waals surface area contributed by atoms with Crippen molar-refractivity contribution >= 4 is 22.5 Å². The highest BCUT2D eigenvalue weighted by molar-refractivity contribution is 5.89. The van der Waals surface area contributed by atoms with E-state index in [1.807, 2.05) is 13.2 Å². The van der Waals surface area contributed by atoms with Crippen molar-refractivity contribution in [1.82, 2.24) is 15.2 Å². The zero-order chi connectivity index (χ0) is 11.0. The van der Waals surface area contributed by atoms with E-state index in [1.54, 1.807) is 0 Å². The SMILES string of the molecule is CNc1cnc2[nH]nc(N3CCCC3)c2c1. The van der Waals surface area contributed by atoms with Crippen molar-refractivity contribution in [2.75, 3.05) is 30.4 Å². The maximum absolute atomic E-state index is 4.36. The van der Waals surface area contributed by atoms with Crippen molar-refractivity contribution in [3.05, 3.63) is 12.3 Å². The Balaban J connectivity index is 2.09. The summed E-state index contributed by atoms with van der Waals surface area (Å²) in [6, 6.07) is 2.10. The molecule has 0 aromatic carbocycles. The van der Waals surface area contributed by atoms with Gasteiger partial charge in [-0.05, 0) is 18.9 Å². The molecule has 0 saturated carbocycles. The van der Waals surface area contributed by atoms with E-state index in [4.69, 9.17) is 0 Å². The Labute approximate surface area is 93.9 Å². The van der Waals surface area contributed by atoms with Gasteiger partial charge in [0, 0.05) is 20.1 Å². The molecule has 5 heteroatoms. The Hall–Kier alpha value is -1.78. The molecule has 2 aromatic heterocycles. The molecule has 3 heterocycles. The van der Waals surface area contributed by atoms with Crippen LogP contribution >= 0.6 is 0 Å². The zero-order valence-electron chi connectivity index (χ0n) is 9.32. The number of anilines is 2. The summed E-state index contributed by atoms with van der Waals surface area (Å²) in [5.74, 6) is 1.04. The lowest BCUT2D eigenvalue weighted by atomic mass is 10.3. The van der Waals surface area contributed by atoms with E-state index in [1.165, 1.54) is 12.8 Å². The molecular weight excluding hydrogens is 202 g/mol. The molecular formula is C11H15N5. The Morgan fingerprint density at radius 1 is 1.38 bits per heavy atom. The molecule has 16 heavy (non-hydrogen) atoms. The molecule has 1 fully saturated rings. The number of fused-ring (bicyclic) bond motifs is 1. The number of H-pyrrole nitrogens is 1. The number of nitrogens with zero attached hydrogens (tertiary/aromatic N) is 3. The van der Waals surface area contributed by atoms with E-state index in [-0.39, 0.29) is 0 Å². The van der Waals surface area contributed by atoms with Crippen LogP contribution in [-0.4, -0.2) is 35.3 Å². The summed E-state index contributed by atoms with van der Waals surface area (Å²) < 4.78 is 0. The molecule has 0 amide bonds. The fraction of sp³-hybridized carbons (Fsp3) is 0.455. The highest BCUT2D eigenvalue weighted by Crippen LogP contribution is 2.27. The van der Waals surface area contributed by atoms with Gasteiger partial charge < -0.3 is 10.2 Å². The minimum atomic E-state index is 0.862. The molecule has 5 nitrogen and oxygen atoms in total. The maximum atomic E-state index is 4.36. The van der Waals surface area contributed by atoms with Crippen molar-refractivity contribution in [1.29, 1.82) is 0 Å². The minimum Gasteiger partial charge on any atom is -0.387 e. The average molecular weight is 217 g/mol. The number of aromatic nitrogens is 3. The van der Waals surface area contributed by atoms with Crippen molar-refractivity contribution in [2.24, 2.45) is 0 Å². The highest BCUT2D eigenvalue weighted by Gasteiger charge is 2.18. The van der Waals surface area contributed by atoms with Gasteiger partial charge in [-0.3, -0.25) is 5.10 Å². The normalized spacial score (nSPS) is 15.9. The molecule has 0 atom stereocenters. The van der Waals surface area contributed by atoms with E-state index < -0.39 is 0 Å². The molecule has 0 spiro atoms. The summed E-state index contributed by atoms with van der Waals surface area (Å²) >= 11 is 0. The third-order valence-electron chi connectivity index (χ3n) is 3.09. The van der Waals surface area contributed by atoms with Crippen LogP contribution in [0.3, 0.4) is 0 Å². The lowest BCUT2D eigenvalue weighted by molar-refractivity contribution is 0.925. The molecule has 1 aliphatic rings. The van der Waals surface area contributed by atoms with Crippen LogP contribution in [0.2, 0.25) is 0 Å². The van der Waals surface area contributed by atoms with Crippen LogP contribution in [0.25, 0.3) is 11.0 Å². The third kappa shape index (κ3) is 1.39. The summed E-state index contributed by atoms with van der Waals surface area (Å²) in [6.45, 7) is 2.20. The van der Waals surface area contributed by atoms with Crippen LogP contribution in [0.1, 0.15) is 12.8 Å². The molecule has 1 aliphatic heterocycles. The Bertz CT molecular complexity index is 498. The third-order valence-corrected chi connectivity index (χ3v) is 3.09. The minimum absolute atomic E-state index is 0.862. The van der Waals surface area contributed by atoms with Gasteiger partial charge in [0.1, 0.15) is 0 Å². The highest BCUT2D eigenvalue weighted by atomic mass is 15.3. The number of pyridine rings is 1. The first kappa shape index (κ1) is 9.45. The first-order chi connectivity index (χ1) is 7.88. The molecule has 1 saturated heterocycles. The Morgan fingerprint density at radius 3 is 2.94 bits per heavy atom. The van der Waals surface area contributed by atoms with Gasteiger partial charge in [-0.1, -0.05) is 0 Å².